The maximum Gasteiger partial charge on any atom is 0.338 e. The summed E-state index contributed by atoms with van der Waals surface area (Å²) in [6.45, 7) is 0.941. The Labute approximate surface area is 237 Å². The average Bonchev–Trinajstić information content (AvgIpc) is 3.66. The predicted molar refractivity (Wildman–Crippen MR) is 148 cm³/mol. The average molecular weight is 561 g/mol. The van der Waals surface area contributed by atoms with Crippen molar-refractivity contribution >= 4 is 23.5 Å². The molecule has 1 aliphatic carbocycles. The van der Waals surface area contributed by atoms with Gasteiger partial charge in [-0.25, -0.2) is 4.79 Å². The zero-order valence-corrected chi connectivity index (χ0v) is 22.5. The Morgan fingerprint density at radius 3 is 2.48 bits per heavy atom. The van der Waals surface area contributed by atoms with Gasteiger partial charge in [0.2, 0.25) is 5.79 Å². The van der Waals surface area contributed by atoms with Crippen LogP contribution in [0.1, 0.15) is 23.2 Å². The molecule has 0 amide bonds. The van der Waals surface area contributed by atoms with E-state index in [0.717, 1.165) is 11.1 Å². The van der Waals surface area contributed by atoms with Crippen molar-refractivity contribution in [3.8, 4) is 16.9 Å². The molecule has 3 fully saturated rings. The maximum atomic E-state index is 13.2. The van der Waals surface area contributed by atoms with E-state index in [1.807, 2.05) is 60.7 Å². The summed E-state index contributed by atoms with van der Waals surface area (Å²) in [6, 6.07) is 24.4. The standard InChI is InChI=1S/C32H29ClO7/c33-24-7-4-8-25(17-24)36-20-32(37-15-16-38-32)14-13-26-27-18-30(34)39-29(27)19-28(26)40-31(35)23-11-9-22(10-12-23)21-5-2-1-3-6-21/h1-14,17,26-29H,15-16,18-20H2/b14-13+/t26-,27+,28-,29+/m0/s1. The molecule has 0 bridgehead atoms. The van der Waals surface area contributed by atoms with Gasteiger partial charge < -0.3 is 23.7 Å². The van der Waals surface area contributed by atoms with E-state index in [-0.39, 0.29) is 36.9 Å². The van der Waals surface area contributed by atoms with Gasteiger partial charge in [-0.2, -0.15) is 0 Å². The largest absolute Gasteiger partial charge is 0.488 e. The van der Waals surface area contributed by atoms with Crippen molar-refractivity contribution in [2.75, 3.05) is 19.8 Å². The molecule has 8 heteroatoms. The van der Waals surface area contributed by atoms with E-state index in [4.69, 9.17) is 35.3 Å². The van der Waals surface area contributed by atoms with Crippen molar-refractivity contribution in [3.63, 3.8) is 0 Å². The minimum Gasteiger partial charge on any atom is -0.488 e. The van der Waals surface area contributed by atoms with Crippen LogP contribution in [0.5, 0.6) is 5.75 Å². The number of rotatable bonds is 8. The van der Waals surface area contributed by atoms with Gasteiger partial charge in [-0.3, -0.25) is 4.79 Å². The smallest absolute Gasteiger partial charge is 0.338 e. The molecule has 3 aromatic rings. The highest BCUT2D eigenvalue weighted by atomic mass is 35.5. The lowest BCUT2D eigenvalue weighted by Gasteiger charge is -2.26. The first kappa shape index (κ1) is 26.6. The predicted octanol–water partition coefficient (Wildman–Crippen LogP) is 5.86. The summed E-state index contributed by atoms with van der Waals surface area (Å²) < 4.78 is 29.4. The van der Waals surface area contributed by atoms with Crippen LogP contribution in [0.25, 0.3) is 11.1 Å². The SMILES string of the molecule is O=C1C[C@@H]2[C@H](/C=C/C3(COc4cccc(Cl)c4)OCCO3)[C@@H](OC(=O)c3ccc(-c4ccccc4)cc3)C[C@H]2O1. The van der Waals surface area contributed by atoms with Gasteiger partial charge in [0.05, 0.1) is 25.2 Å². The lowest BCUT2D eigenvalue weighted by molar-refractivity contribution is -0.141. The highest BCUT2D eigenvalue weighted by molar-refractivity contribution is 6.30. The Hall–Kier alpha value is -3.65. The molecule has 3 aromatic carbocycles. The molecular formula is C32H29ClO7. The van der Waals surface area contributed by atoms with Crippen LogP contribution in [-0.4, -0.2) is 49.8 Å². The minimum absolute atomic E-state index is 0.102. The van der Waals surface area contributed by atoms with Crippen LogP contribution in [0.15, 0.2) is 91.0 Å². The topological polar surface area (TPSA) is 80.3 Å². The first-order chi connectivity index (χ1) is 19.5. The number of hydrogen-bond acceptors (Lipinski definition) is 7. The Morgan fingerprint density at radius 2 is 1.73 bits per heavy atom. The molecule has 40 heavy (non-hydrogen) atoms. The number of ether oxygens (including phenoxy) is 5. The lowest BCUT2D eigenvalue weighted by atomic mass is 9.91. The quantitative estimate of drug-likeness (QED) is 0.252. The Bertz CT molecular complexity index is 1380. The normalized spacial score (nSPS) is 25.1. The van der Waals surface area contributed by atoms with Crippen molar-refractivity contribution in [2.24, 2.45) is 11.8 Å². The van der Waals surface area contributed by atoms with Gasteiger partial charge in [0.25, 0.3) is 0 Å². The highest BCUT2D eigenvalue weighted by Gasteiger charge is 2.51. The van der Waals surface area contributed by atoms with E-state index in [9.17, 15) is 9.59 Å². The Kier molecular flexibility index (Phi) is 7.61. The van der Waals surface area contributed by atoms with Gasteiger partial charge >= 0.3 is 11.9 Å². The summed E-state index contributed by atoms with van der Waals surface area (Å²) in [6.07, 6.45) is 3.68. The molecule has 7 nitrogen and oxygen atoms in total. The molecule has 2 heterocycles. The van der Waals surface area contributed by atoms with Gasteiger partial charge in [-0.15, -0.1) is 0 Å². The molecule has 6 rings (SSSR count). The van der Waals surface area contributed by atoms with Crippen molar-refractivity contribution in [3.05, 3.63) is 102 Å². The molecule has 0 radical (unpaired) electrons. The molecule has 2 aliphatic heterocycles. The molecule has 1 saturated carbocycles. The summed E-state index contributed by atoms with van der Waals surface area (Å²) in [7, 11) is 0. The zero-order chi connectivity index (χ0) is 27.5. The van der Waals surface area contributed by atoms with Gasteiger partial charge in [0, 0.05) is 23.3 Å². The van der Waals surface area contributed by atoms with Crippen molar-refractivity contribution in [1.29, 1.82) is 0 Å². The van der Waals surface area contributed by atoms with Crippen LogP contribution in [0.4, 0.5) is 0 Å². The second-order valence-corrected chi connectivity index (χ2v) is 10.6. The Balaban J connectivity index is 1.17. The number of carbonyl (C=O) groups is 2. The number of fused-ring (bicyclic) bond motifs is 1. The summed E-state index contributed by atoms with van der Waals surface area (Å²) in [5, 5.41) is 0.567. The highest BCUT2D eigenvalue weighted by Crippen LogP contribution is 2.44. The summed E-state index contributed by atoms with van der Waals surface area (Å²) in [4.78, 5) is 25.2. The van der Waals surface area contributed by atoms with Crippen molar-refractivity contribution < 1.29 is 33.3 Å². The van der Waals surface area contributed by atoms with E-state index in [0.29, 0.717) is 36.0 Å². The van der Waals surface area contributed by atoms with E-state index in [1.165, 1.54) is 0 Å². The Morgan fingerprint density at radius 1 is 0.975 bits per heavy atom. The van der Waals surface area contributed by atoms with Gasteiger partial charge in [-0.1, -0.05) is 66.2 Å². The molecule has 0 aromatic heterocycles. The number of esters is 2. The fraction of sp³-hybridized carbons (Fsp3) is 0.312. The molecule has 206 valence electrons. The van der Waals surface area contributed by atoms with Crippen LogP contribution in [0.3, 0.4) is 0 Å². The third-order valence-corrected chi connectivity index (χ3v) is 7.86. The van der Waals surface area contributed by atoms with Crippen LogP contribution in [0, 0.1) is 11.8 Å². The van der Waals surface area contributed by atoms with Gasteiger partial charge in [-0.05, 0) is 47.5 Å². The first-order valence-corrected chi connectivity index (χ1v) is 13.8. The number of benzene rings is 3. The van der Waals surface area contributed by atoms with E-state index < -0.39 is 17.9 Å². The summed E-state index contributed by atoms with van der Waals surface area (Å²) in [5.74, 6) is -1.51. The third-order valence-electron chi connectivity index (χ3n) is 7.62. The van der Waals surface area contributed by atoms with Crippen LogP contribution < -0.4 is 4.74 Å². The molecule has 4 atom stereocenters. The summed E-state index contributed by atoms with van der Waals surface area (Å²) >= 11 is 6.09. The molecule has 0 spiro atoms. The number of halogens is 1. The van der Waals surface area contributed by atoms with Gasteiger partial charge in [0.1, 0.15) is 24.6 Å². The van der Waals surface area contributed by atoms with Crippen LogP contribution >= 0.6 is 11.6 Å². The van der Waals surface area contributed by atoms with Crippen molar-refractivity contribution in [2.45, 2.75) is 30.8 Å². The summed E-state index contributed by atoms with van der Waals surface area (Å²) in [5.41, 5.74) is 2.55. The second-order valence-electron chi connectivity index (χ2n) is 10.2. The van der Waals surface area contributed by atoms with Crippen LogP contribution in [0.2, 0.25) is 5.02 Å². The zero-order valence-electron chi connectivity index (χ0n) is 21.7. The van der Waals surface area contributed by atoms with E-state index >= 15 is 0 Å². The fourth-order valence-electron chi connectivity index (χ4n) is 5.62. The molecular weight excluding hydrogens is 532 g/mol. The number of carbonyl (C=O) groups excluding carboxylic acids is 2. The number of hydrogen-bond donors (Lipinski definition) is 0. The molecule has 2 saturated heterocycles. The van der Waals surface area contributed by atoms with E-state index in [1.54, 1.807) is 30.3 Å². The minimum atomic E-state index is -1.11. The molecule has 0 unspecified atom stereocenters. The van der Waals surface area contributed by atoms with Crippen LogP contribution in [-0.2, 0) is 23.7 Å². The van der Waals surface area contributed by atoms with Crippen molar-refractivity contribution in [1.82, 2.24) is 0 Å². The lowest BCUT2D eigenvalue weighted by Crippen LogP contribution is -2.36. The third kappa shape index (κ3) is 5.77. The monoisotopic (exact) mass is 560 g/mol. The second kappa shape index (κ2) is 11.5. The molecule has 0 N–H and O–H groups in total. The van der Waals surface area contributed by atoms with Gasteiger partial charge in [0.15, 0.2) is 0 Å². The van der Waals surface area contributed by atoms with E-state index in [2.05, 4.69) is 0 Å². The fourth-order valence-corrected chi connectivity index (χ4v) is 5.80. The molecule has 3 aliphatic rings. The first-order valence-electron chi connectivity index (χ1n) is 13.4. The maximum absolute atomic E-state index is 13.2.